The van der Waals surface area contributed by atoms with Gasteiger partial charge in [0.05, 0.1) is 0 Å². The minimum absolute atomic E-state index is 0.420. The smallest absolute Gasteiger partial charge is 0.307 e. The molecule has 0 aliphatic rings. The number of nitrogens with two attached hydrogens (primary N) is 1. The summed E-state index contributed by atoms with van der Waals surface area (Å²) in [6.45, 7) is 0. The van der Waals surface area contributed by atoms with Gasteiger partial charge in [-0.25, -0.2) is 10.6 Å². The van der Waals surface area contributed by atoms with Gasteiger partial charge in [0.1, 0.15) is 0 Å². The van der Waals surface area contributed by atoms with Gasteiger partial charge in [-0.3, -0.25) is 5.43 Å². The van der Waals surface area contributed by atoms with Crippen molar-refractivity contribution in [3.63, 3.8) is 0 Å². The Balaban J connectivity index is 2.64. The van der Waals surface area contributed by atoms with Crippen molar-refractivity contribution >= 4 is 23.5 Å². The summed E-state index contributed by atoms with van der Waals surface area (Å²) in [5.41, 5.74) is 2.71. The van der Waals surface area contributed by atoms with Crippen molar-refractivity contribution in [1.29, 1.82) is 0 Å². The van der Waals surface area contributed by atoms with Crippen LogP contribution in [0.3, 0.4) is 0 Å². The SMILES string of the molecule is CSc1ccc(NC(=O)NN)cc1. The number of carbonyl (C=O) groups excluding carboxylic acids is 1. The summed E-state index contributed by atoms with van der Waals surface area (Å²) in [7, 11) is 0. The van der Waals surface area contributed by atoms with E-state index in [1.54, 1.807) is 11.8 Å². The van der Waals surface area contributed by atoms with Crippen LogP contribution in [0.25, 0.3) is 0 Å². The van der Waals surface area contributed by atoms with Gasteiger partial charge >= 0.3 is 6.03 Å². The molecule has 70 valence electrons. The second kappa shape index (κ2) is 4.74. The highest BCUT2D eigenvalue weighted by molar-refractivity contribution is 7.98. The van der Waals surface area contributed by atoms with Crippen LogP contribution >= 0.6 is 11.8 Å². The standard InChI is InChI=1S/C8H11N3OS/c1-13-7-4-2-6(3-5-7)10-8(12)11-9/h2-5H,9H2,1H3,(H2,10,11,12). The third-order valence-corrected chi connectivity index (χ3v) is 2.22. The predicted octanol–water partition coefficient (Wildman–Crippen LogP) is 1.40. The second-order valence-corrected chi connectivity index (χ2v) is 3.21. The molecule has 5 heteroatoms. The lowest BCUT2D eigenvalue weighted by molar-refractivity contribution is 0.252. The molecule has 4 nitrogen and oxygen atoms in total. The monoisotopic (exact) mass is 197 g/mol. The molecule has 1 aromatic carbocycles. The van der Waals surface area contributed by atoms with Gasteiger partial charge in [0.15, 0.2) is 0 Å². The molecule has 0 saturated carbocycles. The molecule has 1 aromatic rings. The Bertz CT molecular complexity index is 286. The molecule has 0 bridgehead atoms. The highest BCUT2D eigenvalue weighted by atomic mass is 32.2. The Morgan fingerprint density at radius 1 is 1.38 bits per heavy atom. The average molecular weight is 197 g/mol. The van der Waals surface area contributed by atoms with Gasteiger partial charge in [-0.2, -0.15) is 0 Å². The van der Waals surface area contributed by atoms with Crippen molar-refractivity contribution < 1.29 is 4.79 Å². The zero-order chi connectivity index (χ0) is 9.68. The van der Waals surface area contributed by atoms with E-state index in [2.05, 4.69) is 5.32 Å². The van der Waals surface area contributed by atoms with E-state index < -0.39 is 6.03 Å². The number of amides is 2. The van der Waals surface area contributed by atoms with Crippen LogP contribution in [-0.2, 0) is 0 Å². The van der Waals surface area contributed by atoms with Crippen LogP contribution in [0.1, 0.15) is 0 Å². The number of benzene rings is 1. The average Bonchev–Trinajstić information content (AvgIpc) is 2.19. The van der Waals surface area contributed by atoms with Crippen LogP contribution < -0.4 is 16.6 Å². The van der Waals surface area contributed by atoms with E-state index in [4.69, 9.17) is 5.84 Å². The van der Waals surface area contributed by atoms with E-state index in [9.17, 15) is 4.79 Å². The van der Waals surface area contributed by atoms with Crippen LogP contribution in [0.5, 0.6) is 0 Å². The van der Waals surface area contributed by atoms with Gasteiger partial charge < -0.3 is 5.32 Å². The summed E-state index contributed by atoms with van der Waals surface area (Å²) in [5.74, 6) is 4.91. The van der Waals surface area contributed by atoms with E-state index in [0.717, 1.165) is 10.6 Å². The maximum Gasteiger partial charge on any atom is 0.333 e. The van der Waals surface area contributed by atoms with Crippen LogP contribution in [0, 0.1) is 0 Å². The summed E-state index contributed by atoms with van der Waals surface area (Å²) in [6, 6.07) is 7.08. The van der Waals surface area contributed by atoms with E-state index in [1.807, 2.05) is 35.9 Å². The maximum absolute atomic E-state index is 10.8. The number of carbonyl (C=O) groups is 1. The number of thioether (sulfide) groups is 1. The molecule has 0 atom stereocenters. The molecule has 2 amide bonds. The van der Waals surface area contributed by atoms with E-state index in [-0.39, 0.29) is 0 Å². The minimum atomic E-state index is -0.420. The Morgan fingerprint density at radius 2 is 2.00 bits per heavy atom. The van der Waals surface area contributed by atoms with Crippen molar-refractivity contribution in [3.05, 3.63) is 24.3 Å². The number of hydrazine groups is 1. The van der Waals surface area contributed by atoms with Gasteiger partial charge in [0.25, 0.3) is 0 Å². The first-order valence-corrected chi connectivity index (χ1v) is 4.90. The first-order chi connectivity index (χ1) is 6.26. The summed E-state index contributed by atoms with van der Waals surface area (Å²) < 4.78 is 0. The molecule has 0 saturated heterocycles. The molecule has 0 spiro atoms. The van der Waals surface area contributed by atoms with E-state index >= 15 is 0 Å². The lowest BCUT2D eigenvalue weighted by Gasteiger charge is -2.03. The molecule has 1 rings (SSSR count). The fourth-order valence-electron chi connectivity index (χ4n) is 0.842. The highest BCUT2D eigenvalue weighted by Crippen LogP contribution is 2.17. The predicted molar refractivity (Wildman–Crippen MR) is 54.6 cm³/mol. The fourth-order valence-corrected chi connectivity index (χ4v) is 1.25. The lowest BCUT2D eigenvalue weighted by Crippen LogP contribution is -2.34. The Hall–Kier alpha value is -1.20. The Kier molecular flexibility index (Phi) is 3.60. The summed E-state index contributed by atoms with van der Waals surface area (Å²) >= 11 is 1.65. The summed E-state index contributed by atoms with van der Waals surface area (Å²) in [6.07, 6.45) is 2.00. The number of nitrogens with one attached hydrogen (secondary N) is 2. The molecular weight excluding hydrogens is 186 g/mol. The molecule has 0 aliphatic heterocycles. The third kappa shape index (κ3) is 2.96. The quantitative estimate of drug-likeness (QED) is 0.290. The second-order valence-electron chi connectivity index (χ2n) is 2.33. The number of rotatable bonds is 2. The van der Waals surface area contributed by atoms with Gasteiger partial charge in [-0.15, -0.1) is 11.8 Å². The number of hydrogen-bond acceptors (Lipinski definition) is 3. The van der Waals surface area contributed by atoms with E-state index in [0.29, 0.717) is 0 Å². The zero-order valence-electron chi connectivity index (χ0n) is 7.20. The molecule has 0 radical (unpaired) electrons. The van der Waals surface area contributed by atoms with Crippen molar-refractivity contribution in [1.82, 2.24) is 5.43 Å². The molecule has 13 heavy (non-hydrogen) atoms. The Labute approximate surface area is 80.9 Å². The first kappa shape index (κ1) is 9.88. The van der Waals surface area contributed by atoms with Crippen molar-refractivity contribution in [3.8, 4) is 0 Å². The van der Waals surface area contributed by atoms with Gasteiger partial charge in [0, 0.05) is 10.6 Å². The first-order valence-electron chi connectivity index (χ1n) is 3.68. The van der Waals surface area contributed by atoms with Crippen LogP contribution in [0.15, 0.2) is 29.2 Å². The van der Waals surface area contributed by atoms with Crippen LogP contribution in [0.2, 0.25) is 0 Å². The third-order valence-electron chi connectivity index (χ3n) is 1.48. The molecule has 0 fully saturated rings. The summed E-state index contributed by atoms with van der Waals surface area (Å²) in [5, 5.41) is 2.56. The lowest BCUT2D eigenvalue weighted by atomic mass is 10.3. The molecule has 0 unspecified atom stereocenters. The van der Waals surface area contributed by atoms with Crippen molar-refractivity contribution in [2.45, 2.75) is 4.90 Å². The zero-order valence-corrected chi connectivity index (χ0v) is 8.02. The largest absolute Gasteiger partial charge is 0.333 e. The topological polar surface area (TPSA) is 67.2 Å². The Morgan fingerprint density at radius 3 is 2.46 bits per heavy atom. The van der Waals surface area contributed by atoms with Gasteiger partial charge in [-0.05, 0) is 30.5 Å². The molecule has 0 aliphatic carbocycles. The van der Waals surface area contributed by atoms with Crippen LogP contribution in [0.4, 0.5) is 10.5 Å². The van der Waals surface area contributed by atoms with Crippen molar-refractivity contribution in [2.75, 3.05) is 11.6 Å². The fraction of sp³-hybridized carbons (Fsp3) is 0.125. The molecule has 0 heterocycles. The minimum Gasteiger partial charge on any atom is -0.307 e. The van der Waals surface area contributed by atoms with Gasteiger partial charge in [0.2, 0.25) is 0 Å². The summed E-state index contributed by atoms with van der Waals surface area (Å²) in [4.78, 5) is 11.9. The number of hydrogen-bond donors (Lipinski definition) is 3. The number of urea groups is 1. The molecule has 4 N–H and O–H groups in total. The maximum atomic E-state index is 10.8. The highest BCUT2D eigenvalue weighted by Gasteiger charge is 1.97. The molecular formula is C8H11N3OS. The van der Waals surface area contributed by atoms with Gasteiger partial charge in [-0.1, -0.05) is 0 Å². The normalized spacial score (nSPS) is 9.38. The van der Waals surface area contributed by atoms with Crippen molar-refractivity contribution in [2.24, 2.45) is 5.84 Å². The van der Waals surface area contributed by atoms with Crippen LogP contribution in [-0.4, -0.2) is 12.3 Å². The molecule has 0 aromatic heterocycles. The number of anilines is 1. The van der Waals surface area contributed by atoms with E-state index in [1.165, 1.54) is 0 Å².